The van der Waals surface area contributed by atoms with E-state index < -0.39 is 0 Å². The number of nitrogens with zero attached hydrogens (tertiary/aromatic N) is 7. The quantitative estimate of drug-likeness (QED) is 0.631. The molecule has 0 fully saturated rings. The lowest BCUT2D eigenvalue weighted by molar-refractivity contribution is 0.591. The molecule has 92 valence electrons. The maximum atomic E-state index is 12.1. The first-order valence-corrected chi connectivity index (χ1v) is 5.80. The van der Waals surface area contributed by atoms with Crippen molar-refractivity contribution in [2.45, 2.75) is 6.54 Å². The molecule has 0 aliphatic carbocycles. The third kappa shape index (κ3) is 1.62. The standard InChI is InChI=1S/C8H8N8OS/c1-15-6-4(2-10-15)7(17)16(14-12-6)3-5-11-13-8(9)18-5/h2H,3H2,1H3,(H2,9,13). The minimum Gasteiger partial charge on any atom is -0.374 e. The van der Waals surface area contributed by atoms with Gasteiger partial charge in [0.05, 0.1) is 6.20 Å². The fourth-order valence-electron chi connectivity index (χ4n) is 1.54. The van der Waals surface area contributed by atoms with Crippen LogP contribution in [0.25, 0.3) is 11.0 Å². The molecule has 3 aromatic heterocycles. The van der Waals surface area contributed by atoms with Gasteiger partial charge in [0.2, 0.25) is 5.13 Å². The highest BCUT2D eigenvalue weighted by Crippen LogP contribution is 2.11. The topological polar surface area (TPSA) is 117 Å². The molecule has 0 aromatic carbocycles. The van der Waals surface area contributed by atoms with E-state index in [1.54, 1.807) is 7.05 Å². The van der Waals surface area contributed by atoms with Crippen LogP contribution in [0.4, 0.5) is 5.13 Å². The summed E-state index contributed by atoms with van der Waals surface area (Å²) in [4.78, 5) is 12.1. The predicted octanol–water partition coefficient (Wildman–Crippen LogP) is -0.993. The molecule has 0 aliphatic rings. The van der Waals surface area contributed by atoms with Gasteiger partial charge in [-0.05, 0) is 0 Å². The molecule has 0 aliphatic heterocycles. The van der Waals surface area contributed by atoms with Gasteiger partial charge in [-0.25, -0.2) is 9.36 Å². The Labute approximate surface area is 104 Å². The smallest absolute Gasteiger partial charge is 0.281 e. The average molecular weight is 264 g/mol. The van der Waals surface area contributed by atoms with Gasteiger partial charge >= 0.3 is 0 Å². The van der Waals surface area contributed by atoms with Gasteiger partial charge in [0.1, 0.15) is 16.9 Å². The molecule has 0 amide bonds. The number of fused-ring (bicyclic) bond motifs is 1. The van der Waals surface area contributed by atoms with Crippen molar-refractivity contribution in [3.8, 4) is 0 Å². The second-order valence-electron chi connectivity index (χ2n) is 3.59. The lowest BCUT2D eigenvalue weighted by atomic mass is 10.4. The summed E-state index contributed by atoms with van der Waals surface area (Å²) in [6.45, 7) is 0.200. The van der Waals surface area contributed by atoms with E-state index in [0.29, 0.717) is 21.2 Å². The summed E-state index contributed by atoms with van der Waals surface area (Å²) in [5.74, 6) is 0. The van der Waals surface area contributed by atoms with Crippen molar-refractivity contribution < 1.29 is 0 Å². The molecule has 18 heavy (non-hydrogen) atoms. The first-order chi connectivity index (χ1) is 8.65. The van der Waals surface area contributed by atoms with E-state index in [0.717, 1.165) is 0 Å². The van der Waals surface area contributed by atoms with Gasteiger partial charge in [-0.1, -0.05) is 16.6 Å². The summed E-state index contributed by atoms with van der Waals surface area (Å²) in [5.41, 5.74) is 5.66. The Bertz CT molecular complexity index is 771. The Kier molecular flexibility index (Phi) is 2.30. The molecular formula is C8H8N8OS. The van der Waals surface area contributed by atoms with E-state index in [9.17, 15) is 4.79 Å². The third-order valence-corrected chi connectivity index (χ3v) is 3.12. The van der Waals surface area contributed by atoms with Crippen molar-refractivity contribution in [2.24, 2.45) is 7.05 Å². The summed E-state index contributed by atoms with van der Waals surface area (Å²) in [6.07, 6.45) is 1.47. The SMILES string of the molecule is Cn1ncc2c(=O)n(Cc3nnc(N)s3)nnc21. The summed E-state index contributed by atoms with van der Waals surface area (Å²) in [7, 11) is 1.70. The molecular weight excluding hydrogens is 256 g/mol. The van der Waals surface area contributed by atoms with Gasteiger partial charge in [-0.2, -0.15) is 5.10 Å². The van der Waals surface area contributed by atoms with E-state index in [1.165, 1.54) is 26.9 Å². The molecule has 0 saturated carbocycles. The summed E-state index contributed by atoms with van der Waals surface area (Å²) >= 11 is 1.21. The van der Waals surface area contributed by atoms with Crippen LogP contribution in [0.2, 0.25) is 0 Å². The van der Waals surface area contributed by atoms with Crippen LogP contribution in [0.15, 0.2) is 11.0 Å². The zero-order valence-electron chi connectivity index (χ0n) is 9.31. The van der Waals surface area contributed by atoms with Crippen LogP contribution in [-0.4, -0.2) is 35.0 Å². The van der Waals surface area contributed by atoms with Gasteiger partial charge in [-0.15, -0.1) is 15.3 Å². The molecule has 3 aromatic rings. The average Bonchev–Trinajstić information content (AvgIpc) is 2.91. The van der Waals surface area contributed by atoms with Gasteiger partial charge in [0.15, 0.2) is 5.65 Å². The largest absolute Gasteiger partial charge is 0.374 e. The molecule has 10 heteroatoms. The molecule has 0 spiro atoms. The zero-order valence-corrected chi connectivity index (χ0v) is 10.1. The first kappa shape index (κ1) is 10.8. The Balaban J connectivity index is 2.07. The van der Waals surface area contributed by atoms with Crippen LogP contribution in [0.1, 0.15) is 5.01 Å². The lowest BCUT2D eigenvalue weighted by Crippen LogP contribution is -2.24. The zero-order chi connectivity index (χ0) is 12.7. The molecule has 0 atom stereocenters. The predicted molar refractivity (Wildman–Crippen MR) is 64.0 cm³/mol. The number of aromatic nitrogens is 7. The molecule has 0 bridgehead atoms. The minimum absolute atomic E-state index is 0.200. The van der Waals surface area contributed by atoms with Crippen molar-refractivity contribution in [1.29, 1.82) is 0 Å². The molecule has 0 saturated heterocycles. The maximum Gasteiger partial charge on any atom is 0.281 e. The minimum atomic E-state index is -0.262. The van der Waals surface area contributed by atoms with Crippen molar-refractivity contribution in [1.82, 2.24) is 35.0 Å². The van der Waals surface area contributed by atoms with Crippen molar-refractivity contribution in [2.75, 3.05) is 5.73 Å². The Morgan fingerprint density at radius 3 is 2.94 bits per heavy atom. The van der Waals surface area contributed by atoms with Crippen LogP contribution in [0.5, 0.6) is 0 Å². The third-order valence-electron chi connectivity index (χ3n) is 2.39. The van der Waals surface area contributed by atoms with Crippen molar-refractivity contribution >= 4 is 27.5 Å². The molecule has 0 radical (unpaired) electrons. The van der Waals surface area contributed by atoms with E-state index in [2.05, 4.69) is 25.6 Å². The highest BCUT2D eigenvalue weighted by atomic mass is 32.1. The number of hydrogen-bond donors (Lipinski definition) is 1. The number of nitrogen functional groups attached to an aromatic ring is 1. The summed E-state index contributed by atoms with van der Waals surface area (Å²) in [5, 5.41) is 20.6. The number of nitrogens with two attached hydrogens (primary N) is 1. The van der Waals surface area contributed by atoms with Gasteiger partial charge in [-0.3, -0.25) is 4.79 Å². The highest BCUT2D eigenvalue weighted by Gasteiger charge is 2.11. The van der Waals surface area contributed by atoms with Crippen LogP contribution in [-0.2, 0) is 13.6 Å². The van der Waals surface area contributed by atoms with E-state index in [-0.39, 0.29) is 12.1 Å². The second-order valence-corrected chi connectivity index (χ2v) is 4.69. The van der Waals surface area contributed by atoms with Crippen molar-refractivity contribution in [3.63, 3.8) is 0 Å². The van der Waals surface area contributed by atoms with Crippen molar-refractivity contribution in [3.05, 3.63) is 21.6 Å². The lowest BCUT2D eigenvalue weighted by Gasteiger charge is -1.99. The monoisotopic (exact) mass is 264 g/mol. The van der Waals surface area contributed by atoms with Crippen LogP contribution >= 0.6 is 11.3 Å². The number of rotatable bonds is 2. The van der Waals surface area contributed by atoms with Crippen LogP contribution in [0.3, 0.4) is 0 Å². The normalized spacial score (nSPS) is 11.2. The fourth-order valence-corrected chi connectivity index (χ4v) is 2.13. The second kappa shape index (κ2) is 3.84. The van der Waals surface area contributed by atoms with Gasteiger partial charge < -0.3 is 5.73 Å². The maximum absolute atomic E-state index is 12.1. The molecule has 2 N–H and O–H groups in total. The van der Waals surface area contributed by atoms with Crippen LogP contribution < -0.4 is 11.3 Å². The van der Waals surface area contributed by atoms with E-state index >= 15 is 0 Å². The molecule has 3 heterocycles. The Morgan fingerprint density at radius 1 is 1.39 bits per heavy atom. The number of aryl methyl sites for hydroxylation is 1. The summed E-state index contributed by atoms with van der Waals surface area (Å²) in [6, 6.07) is 0. The molecule has 3 rings (SSSR count). The van der Waals surface area contributed by atoms with E-state index in [4.69, 9.17) is 5.73 Å². The van der Waals surface area contributed by atoms with E-state index in [1.807, 2.05) is 0 Å². The Morgan fingerprint density at radius 2 is 2.22 bits per heavy atom. The molecule has 0 unspecified atom stereocenters. The summed E-state index contributed by atoms with van der Waals surface area (Å²) < 4.78 is 2.71. The molecule has 9 nitrogen and oxygen atoms in total. The number of hydrogen-bond acceptors (Lipinski definition) is 8. The fraction of sp³-hybridized carbons (Fsp3) is 0.250. The van der Waals surface area contributed by atoms with Gasteiger partial charge in [0.25, 0.3) is 5.56 Å². The number of anilines is 1. The van der Waals surface area contributed by atoms with Gasteiger partial charge in [0, 0.05) is 7.05 Å². The Hall–Kier alpha value is -2.36. The van der Waals surface area contributed by atoms with Crippen LogP contribution in [0, 0.1) is 0 Å². The highest BCUT2D eigenvalue weighted by molar-refractivity contribution is 7.15. The first-order valence-electron chi connectivity index (χ1n) is 4.98.